The first-order valence-corrected chi connectivity index (χ1v) is 13.9. The minimum atomic E-state index is -0.306. The van der Waals surface area contributed by atoms with E-state index >= 15 is 0 Å². The number of carbonyl (C=O) groups is 2. The first kappa shape index (κ1) is 26.5. The number of amides is 2. The predicted molar refractivity (Wildman–Crippen MR) is 156 cm³/mol. The van der Waals surface area contributed by atoms with Crippen molar-refractivity contribution >= 4 is 17.6 Å². The molecule has 0 radical (unpaired) electrons. The van der Waals surface area contributed by atoms with E-state index in [0.29, 0.717) is 30.6 Å². The zero-order valence-electron chi connectivity index (χ0n) is 22.9. The number of nitrogen functional groups attached to an aromatic ring is 1. The van der Waals surface area contributed by atoms with Crippen LogP contribution in [0, 0.1) is 0 Å². The van der Waals surface area contributed by atoms with Gasteiger partial charge in [0.25, 0.3) is 11.8 Å². The number of ether oxygens (including phenoxy) is 1. The Bertz CT molecular complexity index is 1560. The Morgan fingerprint density at radius 2 is 1.88 bits per heavy atom. The molecule has 210 valence electrons. The van der Waals surface area contributed by atoms with Crippen molar-refractivity contribution in [1.82, 2.24) is 30.3 Å². The molecule has 0 bridgehead atoms. The number of hydrogen-bond acceptors (Lipinski definition) is 7. The van der Waals surface area contributed by atoms with Gasteiger partial charge in [0.2, 0.25) is 0 Å². The normalized spacial score (nSPS) is 18.4. The van der Waals surface area contributed by atoms with Gasteiger partial charge >= 0.3 is 0 Å². The van der Waals surface area contributed by atoms with Crippen LogP contribution >= 0.6 is 0 Å². The summed E-state index contributed by atoms with van der Waals surface area (Å²) in [4.78, 5) is 32.3. The molecule has 2 aromatic heterocycles. The minimum absolute atomic E-state index is 0.0566. The summed E-state index contributed by atoms with van der Waals surface area (Å²) in [5.74, 6) is 0.648. The predicted octanol–water partition coefficient (Wildman–Crippen LogP) is 3.12. The van der Waals surface area contributed by atoms with Crippen molar-refractivity contribution in [1.29, 1.82) is 0 Å². The number of anilines is 1. The Labute approximate surface area is 238 Å². The van der Waals surface area contributed by atoms with Crippen LogP contribution < -0.4 is 21.1 Å². The summed E-state index contributed by atoms with van der Waals surface area (Å²) < 4.78 is 7.79. The molecule has 1 unspecified atom stereocenters. The van der Waals surface area contributed by atoms with Gasteiger partial charge in [0.15, 0.2) is 0 Å². The monoisotopic (exact) mass is 551 g/mol. The fourth-order valence-electron chi connectivity index (χ4n) is 5.37. The van der Waals surface area contributed by atoms with Gasteiger partial charge in [-0.15, -0.1) is 0 Å². The SMILES string of the molecule is Cn1cc(-c2cnc(N)c(C(=O)N[C@@H]3CCN(C(=O)c4ccc(-c5cccc(OC6CCNC6)c5)cc4)C3)c2)cn1. The van der Waals surface area contributed by atoms with Crippen LogP contribution in [0.15, 0.2) is 73.2 Å². The third kappa shape index (κ3) is 5.92. The molecule has 4 N–H and O–H groups in total. The Morgan fingerprint density at radius 1 is 1.02 bits per heavy atom. The summed E-state index contributed by atoms with van der Waals surface area (Å²) in [5, 5.41) is 10.5. The summed E-state index contributed by atoms with van der Waals surface area (Å²) in [6.45, 7) is 2.84. The van der Waals surface area contributed by atoms with E-state index in [9.17, 15) is 9.59 Å². The van der Waals surface area contributed by atoms with Crippen molar-refractivity contribution in [3.8, 4) is 28.0 Å². The average molecular weight is 552 g/mol. The smallest absolute Gasteiger partial charge is 0.255 e. The van der Waals surface area contributed by atoms with Crippen molar-refractivity contribution in [3.63, 3.8) is 0 Å². The summed E-state index contributed by atoms with van der Waals surface area (Å²) in [7, 11) is 1.83. The second-order valence-corrected chi connectivity index (χ2v) is 10.6. The quantitative estimate of drug-likeness (QED) is 0.322. The fourth-order valence-corrected chi connectivity index (χ4v) is 5.37. The van der Waals surface area contributed by atoms with Crippen molar-refractivity contribution in [3.05, 3.63) is 84.3 Å². The van der Waals surface area contributed by atoms with Crippen LogP contribution in [0.3, 0.4) is 0 Å². The summed E-state index contributed by atoms with van der Waals surface area (Å²) >= 11 is 0. The number of rotatable bonds is 7. The zero-order valence-corrected chi connectivity index (χ0v) is 22.9. The molecule has 10 nitrogen and oxygen atoms in total. The number of nitrogens with two attached hydrogens (primary N) is 1. The lowest BCUT2D eigenvalue weighted by Crippen LogP contribution is -2.38. The Balaban J connectivity index is 1.07. The molecule has 2 atom stereocenters. The highest BCUT2D eigenvalue weighted by Gasteiger charge is 2.29. The van der Waals surface area contributed by atoms with Gasteiger partial charge in [0, 0.05) is 61.8 Å². The van der Waals surface area contributed by atoms with Gasteiger partial charge in [-0.2, -0.15) is 5.10 Å². The van der Waals surface area contributed by atoms with E-state index < -0.39 is 0 Å². The molecule has 4 aromatic rings. The number of likely N-dealkylation sites (tertiary alicyclic amines) is 1. The van der Waals surface area contributed by atoms with E-state index in [-0.39, 0.29) is 29.8 Å². The van der Waals surface area contributed by atoms with Crippen molar-refractivity contribution in [2.45, 2.75) is 25.0 Å². The average Bonchev–Trinajstić information content (AvgIpc) is 3.76. The van der Waals surface area contributed by atoms with Crippen LogP contribution in [0.25, 0.3) is 22.3 Å². The van der Waals surface area contributed by atoms with E-state index in [2.05, 4.69) is 20.7 Å². The highest BCUT2D eigenvalue weighted by atomic mass is 16.5. The van der Waals surface area contributed by atoms with Gasteiger partial charge in [-0.3, -0.25) is 14.3 Å². The van der Waals surface area contributed by atoms with Gasteiger partial charge in [-0.25, -0.2) is 4.98 Å². The number of aryl methyl sites for hydroxylation is 1. The lowest BCUT2D eigenvalue weighted by molar-refractivity contribution is 0.0783. The molecule has 2 fully saturated rings. The maximum atomic E-state index is 13.3. The topological polar surface area (TPSA) is 127 Å². The zero-order chi connectivity index (χ0) is 28.3. The number of carbonyl (C=O) groups excluding carboxylic acids is 2. The van der Waals surface area contributed by atoms with Gasteiger partial charge < -0.3 is 26.0 Å². The molecule has 0 aliphatic carbocycles. The molecular formula is C31H33N7O3. The maximum Gasteiger partial charge on any atom is 0.255 e. The lowest BCUT2D eigenvalue weighted by Gasteiger charge is -2.18. The molecule has 2 aromatic carbocycles. The number of hydrogen-bond donors (Lipinski definition) is 3. The molecule has 10 heteroatoms. The number of aromatic nitrogens is 3. The second kappa shape index (κ2) is 11.4. The van der Waals surface area contributed by atoms with Crippen LogP contribution in [0.2, 0.25) is 0 Å². The van der Waals surface area contributed by atoms with Gasteiger partial charge in [0.05, 0.1) is 11.8 Å². The summed E-state index contributed by atoms with van der Waals surface area (Å²) in [6.07, 6.45) is 7.06. The summed E-state index contributed by atoms with van der Waals surface area (Å²) in [6, 6.07) is 17.2. The van der Waals surface area contributed by atoms with E-state index in [4.69, 9.17) is 10.5 Å². The van der Waals surface area contributed by atoms with Crippen LogP contribution in [0.4, 0.5) is 5.82 Å². The number of pyridine rings is 1. The van der Waals surface area contributed by atoms with E-state index in [1.54, 1.807) is 28.0 Å². The molecule has 2 aliphatic rings. The highest BCUT2D eigenvalue weighted by molar-refractivity contribution is 6.00. The largest absolute Gasteiger partial charge is 0.489 e. The third-order valence-corrected chi connectivity index (χ3v) is 7.63. The van der Waals surface area contributed by atoms with Gasteiger partial charge in [0.1, 0.15) is 17.7 Å². The molecule has 0 spiro atoms. The molecule has 2 aliphatic heterocycles. The maximum absolute atomic E-state index is 13.3. The molecule has 0 saturated carbocycles. The Kier molecular flexibility index (Phi) is 7.39. The van der Waals surface area contributed by atoms with E-state index in [1.807, 2.05) is 61.8 Å². The first-order valence-electron chi connectivity index (χ1n) is 13.9. The summed E-state index contributed by atoms with van der Waals surface area (Å²) in [5.41, 5.74) is 10.6. The molecule has 41 heavy (non-hydrogen) atoms. The molecule has 4 heterocycles. The van der Waals surface area contributed by atoms with Crippen LogP contribution in [0.5, 0.6) is 5.75 Å². The number of benzene rings is 2. The molecular weight excluding hydrogens is 518 g/mol. The first-order chi connectivity index (χ1) is 19.9. The number of nitrogens with zero attached hydrogens (tertiary/aromatic N) is 4. The molecule has 2 amide bonds. The van der Waals surface area contributed by atoms with Crippen LogP contribution in [-0.2, 0) is 7.05 Å². The fraction of sp³-hybridized carbons (Fsp3) is 0.290. The van der Waals surface area contributed by atoms with Crippen molar-refractivity contribution in [2.75, 3.05) is 31.9 Å². The van der Waals surface area contributed by atoms with Crippen LogP contribution in [0.1, 0.15) is 33.6 Å². The lowest BCUT2D eigenvalue weighted by atomic mass is 10.0. The highest BCUT2D eigenvalue weighted by Crippen LogP contribution is 2.27. The Hall–Kier alpha value is -4.70. The van der Waals surface area contributed by atoms with Gasteiger partial charge in [-0.1, -0.05) is 24.3 Å². The molecule has 6 rings (SSSR count). The molecule has 2 saturated heterocycles. The third-order valence-electron chi connectivity index (χ3n) is 7.63. The minimum Gasteiger partial charge on any atom is -0.489 e. The van der Waals surface area contributed by atoms with Crippen LogP contribution in [-0.4, -0.2) is 69.8 Å². The number of nitrogens with one attached hydrogen (secondary N) is 2. The van der Waals surface area contributed by atoms with Crippen molar-refractivity contribution < 1.29 is 14.3 Å². The van der Waals surface area contributed by atoms with Crippen molar-refractivity contribution in [2.24, 2.45) is 7.05 Å². The Morgan fingerprint density at radius 3 is 2.63 bits per heavy atom. The van der Waals surface area contributed by atoms with E-state index in [0.717, 1.165) is 47.5 Å². The van der Waals surface area contributed by atoms with E-state index in [1.165, 1.54) is 0 Å². The second-order valence-electron chi connectivity index (χ2n) is 10.6. The standard InChI is InChI=1S/C31H33N7O3/c1-37-18-24(16-35-37)23-14-28(29(32)34-15-23)30(39)36-25-10-12-38(19-25)31(40)21-7-5-20(6-8-21)22-3-2-4-26(13-22)41-27-9-11-33-17-27/h2-8,13-16,18,25,27,33H,9-12,17,19H2,1H3,(H2,32,34)(H,36,39)/t25-,27?/m1/s1. The van der Waals surface area contributed by atoms with Gasteiger partial charge in [-0.05, 0) is 60.8 Å².